The minimum atomic E-state index is -0.586. The Kier molecular flexibility index (Phi) is 8.24. The molecule has 0 atom stereocenters. The fourth-order valence-corrected chi connectivity index (χ4v) is 3.52. The Balaban J connectivity index is 1.97. The van der Waals surface area contributed by atoms with Gasteiger partial charge in [-0.1, -0.05) is 23.7 Å². The lowest BCUT2D eigenvalue weighted by atomic mass is 10.1. The van der Waals surface area contributed by atoms with Crippen molar-refractivity contribution in [3.8, 4) is 17.2 Å². The number of methoxy groups -OCH3 is 2. The number of halogens is 1. The SMILES string of the molecule is COc1cc(O)cc(OC)c1CN(c1cccc(CNC(=O)OC(C)(C)C)c1)c1cc(Cl)ncn1. The Morgan fingerprint density at radius 2 is 1.77 bits per heavy atom. The summed E-state index contributed by atoms with van der Waals surface area (Å²) in [7, 11) is 3.04. The molecule has 0 aliphatic heterocycles. The first kappa shape index (κ1) is 25.9. The number of rotatable bonds is 8. The monoisotopic (exact) mass is 500 g/mol. The van der Waals surface area contributed by atoms with E-state index in [1.165, 1.54) is 32.7 Å². The molecule has 0 fully saturated rings. The van der Waals surface area contributed by atoms with Gasteiger partial charge in [-0.05, 0) is 38.5 Å². The van der Waals surface area contributed by atoms with Gasteiger partial charge in [0.25, 0.3) is 0 Å². The molecule has 3 rings (SSSR count). The molecular weight excluding hydrogens is 472 g/mol. The van der Waals surface area contributed by atoms with E-state index in [0.29, 0.717) is 22.9 Å². The highest BCUT2D eigenvalue weighted by atomic mass is 35.5. The smallest absolute Gasteiger partial charge is 0.407 e. The van der Waals surface area contributed by atoms with Crippen LogP contribution in [0.15, 0.2) is 48.8 Å². The summed E-state index contributed by atoms with van der Waals surface area (Å²) in [6, 6.07) is 12.3. The van der Waals surface area contributed by atoms with Crippen LogP contribution in [0.4, 0.5) is 16.3 Å². The maximum Gasteiger partial charge on any atom is 0.407 e. The summed E-state index contributed by atoms with van der Waals surface area (Å²) in [5.41, 5.74) is 1.74. The van der Waals surface area contributed by atoms with Crippen molar-refractivity contribution in [2.24, 2.45) is 0 Å². The van der Waals surface area contributed by atoms with Crippen molar-refractivity contribution >= 4 is 29.2 Å². The van der Waals surface area contributed by atoms with Gasteiger partial charge in [-0.3, -0.25) is 0 Å². The Bertz CT molecular complexity index is 1160. The summed E-state index contributed by atoms with van der Waals surface area (Å²) >= 11 is 6.16. The second kappa shape index (κ2) is 11.1. The van der Waals surface area contributed by atoms with Crippen LogP contribution in [0.5, 0.6) is 17.2 Å². The van der Waals surface area contributed by atoms with E-state index in [1.807, 2.05) is 49.9 Å². The molecule has 35 heavy (non-hydrogen) atoms. The number of anilines is 2. The average Bonchev–Trinajstić information content (AvgIpc) is 2.80. The lowest BCUT2D eigenvalue weighted by Crippen LogP contribution is -2.32. The maximum atomic E-state index is 12.1. The quantitative estimate of drug-likeness (QED) is 0.406. The van der Waals surface area contributed by atoms with Crippen LogP contribution >= 0.6 is 11.6 Å². The molecule has 9 nitrogen and oxygen atoms in total. The fourth-order valence-electron chi connectivity index (χ4n) is 3.38. The molecule has 0 aliphatic rings. The highest BCUT2D eigenvalue weighted by Crippen LogP contribution is 2.37. The van der Waals surface area contributed by atoms with Crippen molar-refractivity contribution in [1.29, 1.82) is 0 Å². The number of hydrogen-bond donors (Lipinski definition) is 2. The van der Waals surface area contributed by atoms with E-state index in [0.717, 1.165) is 11.3 Å². The number of carbonyl (C=O) groups is 1. The predicted molar refractivity (Wildman–Crippen MR) is 134 cm³/mol. The molecule has 10 heteroatoms. The third-order valence-corrected chi connectivity index (χ3v) is 5.07. The van der Waals surface area contributed by atoms with Gasteiger partial charge in [-0.15, -0.1) is 0 Å². The van der Waals surface area contributed by atoms with Crippen LogP contribution in [0.2, 0.25) is 5.15 Å². The Hall–Kier alpha value is -3.72. The number of phenols is 1. The molecule has 0 aliphatic carbocycles. The minimum Gasteiger partial charge on any atom is -0.508 e. The first-order chi connectivity index (χ1) is 16.6. The number of aromatic hydroxyl groups is 1. The van der Waals surface area contributed by atoms with Crippen LogP contribution in [-0.4, -0.2) is 41.0 Å². The predicted octanol–water partition coefficient (Wildman–Crippen LogP) is 5.22. The number of nitrogens with zero attached hydrogens (tertiary/aromatic N) is 3. The molecule has 0 unspecified atom stereocenters. The molecule has 0 saturated carbocycles. The molecule has 2 aromatic carbocycles. The molecule has 186 valence electrons. The van der Waals surface area contributed by atoms with E-state index in [1.54, 1.807) is 6.07 Å². The summed E-state index contributed by atoms with van der Waals surface area (Å²) in [5.74, 6) is 1.47. The van der Waals surface area contributed by atoms with Crippen molar-refractivity contribution in [3.63, 3.8) is 0 Å². The summed E-state index contributed by atoms with van der Waals surface area (Å²) < 4.78 is 16.3. The van der Waals surface area contributed by atoms with Crippen LogP contribution in [0, 0.1) is 0 Å². The molecule has 1 heterocycles. The van der Waals surface area contributed by atoms with Gasteiger partial charge in [0, 0.05) is 30.4 Å². The van der Waals surface area contributed by atoms with Crippen molar-refractivity contribution in [3.05, 3.63) is 65.1 Å². The summed E-state index contributed by atoms with van der Waals surface area (Å²) in [5, 5.41) is 13.1. The second-order valence-electron chi connectivity index (χ2n) is 8.64. The van der Waals surface area contributed by atoms with Gasteiger partial charge in [0.05, 0.1) is 26.3 Å². The number of carbonyl (C=O) groups excluding carboxylic acids is 1. The number of amides is 1. The zero-order chi connectivity index (χ0) is 25.6. The Morgan fingerprint density at radius 3 is 2.37 bits per heavy atom. The standard InChI is InChI=1S/C25H29ClN4O5/c1-25(2,3)35-24(32)27-13-16-7-6-8-17(9-16)30(23-12-22(26)28-15-29-23)14-19-20(33-4)10-18(31)11-21(19)34-5/h6-12,15,31H,13-14H2,1-5H3,(H,27,32). The van der Waals surface area contributed by atoms with Crippen LogP contribution in [0.25, 0.3) is 0 Å². The molecule has 0 saturated heterocycles. The summed E-state index contributed by atoms with van der Waals surface area (Å²) in [6.07, 6.45) is 0.880. The fraction of sp³-hybridized carbons (Fsp3) is 0.320. The van der Waals surface area contributed by atoms with E-state index in [-0.39, 0.29) is 24.0 Å². The lowest BCUT2D eigenvalue weighted by Gasteiger charge is -2.26. The van der Waals surface area contributed by atoms with Crippen molar-refractivity contribution in [2.75, 3.05) is 19.1 Å². The van der Waals surface area contributed by atoms with Crippen LogP contribution < -0.4 is 19.7 Å². The van der Waals surface area contributed by atoms with E-state index in [9.17, 15) is 9.90 Å². The Labute approximate surface area is 209 Å². The van der Waals surface area contributed by atoms with Gasteiger partial charge in [-0.25, -0.2) is 14.8 Å². The largest absolute Gasteiger partial charge is 0.508 e. The summed E-state index contributed by atoms with van der Waals surface area (Å²) in [6.45, 7) is 5.98. The molecule has 0 bridgehead atoms. The van der Waals surface area contributed by atoms with Gasteiger partial charge in [-0.2, -0.15) is 0 Å². The van der Waals surface area contributed by atoms with Gasteiger partial charge in [0.1, 0.15) is 40.1 Å². The Morgan fingerprint density at radius 1 is 1.09 bits per heavy atom. The molecule has 0 spiro atoms. The lowest BCUT2D eigenvalue weighted by molar-refractivity contribution is 0.0523. The van der Waals surface area contributed by atoms with Gasteiger partial charge in [0.2, 0.25) is 0 Å². The van der Waals surface area contributed by atoms with E-state index in [4.69, 9.17) is 25.8 Å². The maximum absolute atomic E-state index is 12.1. The highest BCUT2D eigenvalue weighted by molar-refractivity contribution is 6.29. The zero-order valence-electron chi connectivity index (χ0n) is 20.3. The molecular formula is C25H29ClN4O5. The van der Waals surface area contributed by atoms with E-state index in [2.05, 4.69) is 15.3 Å². The molecule has 0 radical (unpaired) electrons. The average molecular weight is 501 g/mol. The van der Waals surface area contributed by atoms with Gasteiger partial charge >= 0.3 is 6.09 Å². The number of benzene rings is 2. The van der Waals surface area contributed by atoms with Crippen LogP contribution in [0.1, 0.15) is 31.9 Å². The number of ether oxygens (including phenoxy) is 3. The first-order valence-electron chi connectivity index (χ1n) is 10.8. The normalized spacial score (nSPS) is 11.0. The molecule has 1 amide bonds. The minimum absolute atomic E-state index is 0.0225. The third kappa shape index (κ3) is 7.13. The summed E-state index contributed by atoms with van der Waals surface area (Å²) in [4.78, 5) is 22.4. The highest BCUT2D eigenvalue weighted by Gasteiger charge is 2.20. The second-order valence-corrected chi connectivity index (χ2v) is 9.03. The number of nitrogens with one attached hydrogen (secondary N) is 1. The number of phenolic OH excluding ortho intramolecular Hbond substituents is 1. The van der Waals surface area contributed by atoms with Gasteiger partial charge in [0.15, 0.2) is 0 Å². The van der Waals surface area contributed by atoms with Crippen LogP contribution in [-0.2, 0) is 17.8 Å². The van der Waals surface area contributed by atoms with E-state index < -0.39 is 11.7 Å². The van der Waals surface area contributed by atoms with E-state index >= 15 is 0 Å². The first-order valence-corrected chi connectivity index (χ1v) is 11.2. The van der Waals surface area contributed by atoms with Crippen LogP contribution in [0.3, 0.4) is 0 Å². The zero-order valence-corrected chi connectivity index (χ0v) is 21.1. The topological polar surface area (TPSA) is 106 Å². The van der Waals surface area contributed by atoms with Crippen molar-refractivity contribution in [2.45, 2.75) is 39.5 Å². The third-order valence-electron chi connectivity index (χ3n) is 4.86. The molecule has 2 N–H and O–H groups in total. The number of alkyl carbamates (subject to hydrolysis) is 1. The molecule has 1 aromatic heterocycles. The number of aromatic nitrogens is 2. The number of hydrogen-bond acceptors (Lipinski definition) is 8. The van der Waals surface area contributed by atoms with Crippen molar-refractivity contribution in [1.82, 2.24) is 15.3 Å². The molecule has 3 aromatic rings. The van der Waals surface area contributed by atoms with Gasteiger partial charge < -0.3 is 29.5 Å². The van der Waals surface area contributed by atoms with Crippen molar-refractivity contribution < 1.29 is 24.1 Å².